The van der Waals surface area contributed by atoms with Crippen LogP contribution < -0.4 is 5.32 Å². The van der Waals surface area contributed by atoms with Gasteiger partial charge >= 0.3 is 0 Å². The van der Waals surface area contributed by atoms with Gasteiger partial charge in [-0.2, -0.15) is 11.3 Å². The molecule has 24 heavy (non-hydrogen) atoms. The Bertz CT molecular complexity index is 836. The van der Waals surface area contributed by atoms with Gasteiger partial charge in [-0.1, -0.05) is 18.2 Å². The Labute approximate surface area is 143 Å². The summed E-state index contributed by atoms with van der Waals surface area (Å²) in [5, 5.41) is 16.9. The second-order valence-corrected chi connectivity index (χ2v) is 6.38. The van der Waals surface area contributed by atoms with E-state index in [0.717, 1.165) is 5.56 Å². The zero-order chi connectivity index (χ0) is 16.9. The second-order valence-electron chi connectivity index (χ2n) is 5.60. The number of para-hydroxylation sites is 1. The number of carbonyl (C=O) groups is 1. The van der Waals surface area contributed by atoms with E-state index in [9.17, 15) is 14.3 Å². The van der Waals surface area contributed by atoms with Gasteiger partial charge in [-0.25, -0.2) is 9.37 Å². The number of rotatable bonds is 6. The first-order valence-electron chi connectivity index (χ1n) is 7.63. The van der Waals surface area contributed by atoms with Crippen molar-refractivity contribution in [1.82, 2.24) is 10.3 Å². The SMILES string of the molecule is O=C(NC[C@H](CO)Cc1ccsc1)c1ccc2cccc(F)c2n1. The number of fused-ring (bicyclic) bond motifs is 1. The van der Waals surface area contributed by atoms with Gasteiger partial charge in [-0.15, -0.1) is 0 Å². The van der Waals surface area contributed by atoms with Crippen LogP contribution in [0.3, 0.4) is 0 Å². The lowest BCUT2D eigenvalue weighted by molar-refractivity contribution is 0.0935. The second kappa shape index (κ2) is 7.51. The molecule has 2 N–H and O–H groups in total. The first-order chi connectivity index (χ1) is 11.7. The molecule has 0 radical (unpaired) electrons. The average Bonchev–Trinajstić information content (AvgIpc) is 3.11. The van der Waals surface area contributed by atoms with Gasteiger partial charge in [0.1, 0.15) is 17.0 Å². The Morgan fingerprint density at radius 3 is 2.92 bits per heavy atom. The summed E-state index contributed by atoms with van der Waals surface area (Å²) in [7, 11) is 0. The van der Waals surface area contributed by atoms with Crippen LogP contribution in [0.1, 0.15) is 16.1 Å². The smallest absolute Gasteiger partial charge is 0.269 e. The third kappa shape index (κ3) is 3.77. The molecule has 4 nitrogen and oxygen atoms in total. The molecular weight excluding hydrogens is 327 g/mol. The van der Waals surface area contributed by atoms with Gasteiger partial charge in [0.05, 0.1) is 0 Å². The van der Waals surface area contributed by atoms with Crippen LogP contribution in [-0.2, 0) is 6.42 Å². The van der Waals surface area contributed by atoms with Crippen molar-refractivity contribution >= 4 is 28.1 Å². The van der Waals surface area contributed by atoms with Crippen LogP contribution in [0, 0.1) is 11.7 Å². The van der Waals surface area contributed by atoms with E-state index in [1.165, 1.54) is 6.07 Å². The maximum atomic E-state index is 13.8. The molecule has 124 valence electrons. The van der Waals surface area contributed by atoms with E-state index in [1.54, 1.807) is 35.6 Å². The van der Waals surface area contributed by atoms with Crippen LogP contribution in [0.2, 0.25) is 0 Å². The minimum absolute atomic E-state index is 0.0180. The maximum absolute atomic E-state index is 13.8. The molecule has 3 aromatic rings. The summed E-state index contributed by atoms with van der Waals surface area (Å²) in [6, 6.07) is 9.92. The number of aliphatic hydroxyl groups is 1. The maximum Gasteiger partial charge on any atom is 0.269 e. The molecule has 1 aromatic carbocycles. The molecule has 3 rings (SSSR count). The highest BCUT2D eigenvalue weighted by atomic mass is 32.1. The summed E-state index contributed by atoms with van der Waals surface area (Å²) in [6.45, 7) is 0.318. The third-order valence-corrected chi connectivity index (χ3v) is 4.55. The van der Waals surface area contributed by atoms with E-state index >= 15 is 0 Å². The Hall–Kier alpha value is -2.31. The van der Waals surface area contributed by atoms with E-state index in [2.05, 4.69) is 10.3 Å². The highest BCUT2D eigenvalue weighted by molar-refractivity contribution is 7.07. The third-order valence-electron chi connectivity index (χ3n) is 3.82. The molecule has 0 aliphatic carbocycles. The van der Waals surface area contributed by atoms with Crippen LogP contribution in [0.4, 0.5) is 4.39 Å². The standard InChI is InChI=1S/C18H17FN2O2S/c19-15-3-1-2-14-4-5-16(21-17(14)15)18(23)20-9-13(10-22)8-12-6-7-24-11-12/h1-7,11,13,22H,8-10H2,(H,20,23)/t13-/m1/s1. The van der Waals surface area contributed by atoms with Crippen molar-refractivity contribution in [3.8, 4) is 0 Å². The van der Waals surface area contributed by atoms with Gasteiger partial charge in [-0.3, -0.25) is 4.79 Å². The lowest BCUT2D eigenvalue weighted by Crippen LogP contribution is -2.32. The van der Waals surface area contributed by atoms with E-state index in [-0.39, 0.29) is 29.6 Å². The zero-order valence-corrected chi connectivity index (χ0v) is 13.7. The van der Waals surface area contributed by atoms with Crippen molar-refractivity contribution < 1.29 is 14.3 Å². The molecule has 1 atom stereocenters. The molecule has 0 aliphatic heterocycles. The molecule has 0 fully saturated rings. The lowest BCUT2D eigenvalue weighted by atomic mass is 10.0. The van der Waals surface area contributed by atoms with E-state index in [1.807, 2.05) is 16.8 Å². The normalized spacial score (nSPS) is 12.2. The Morgan fingerprint density at radius 2 is 2.17 bits per heavy atom. The van der Waals surface area contributed by atoms with Crippen LogP contribution in [0.5, 0.6) is 0 Å². The number of aliphatic hydroxyl groups excluding tert-OH is 1. The minimum Gasteiger partial charge on any atom is -0.396 e. The number of hydrogen-bond acceptors (Lipinski definition) is 4. The predicted molar refractivity (Wildman–Crippen MR) is 92.6 cm³/mol. The average molecular weight is 344 g/mol. The first kappa shape index (κ1) is 16.5. The van der Waals surface area contributed by atoms with Gasteiger partial charge in [0.25, 0.3) is 5.91 Å². The Kier molecular flexibility index (Phi) is 5.17. The van der Waals surface area contributed by atoms with E-state index in [4.69, 9.17) is 0 Å². The van der Waals surface area contributed by atoms with Gasteiger partial charge in [0, 0.05) is 24.5 Å². The lowest BCUT2D eigenvalue weighted by Gasteiger charge is -2.14. The van der Waals surface area contributed by atoms with Crippen LogP contribution in [0.25, 0.3) is 10.9 Å². The summed E-state index contributed by atoms with van der Waals surface area (Å²) in [6.07, 6.45) is 0.695. The summed E-state index contributed by atoms with van der Waals surface area (Å²) < 4.78 is 13.8. The highest BCUT2D eigenvalue weighted by Crippen LogP contribution is 2.16. The summed E-state index contributed by atoms with van der Waals surface area (Å²) in [5.41, 5.74) is 1.49. The molecule has 0 saturated heterocycles. The van der Waals surface area contributed by atoms with Gasteiger partial charge in [0.15, 0.2) is 0 Å². The summed E-state index contributed by atoms with van der Waals surface area (Å²) in [5.74, 6) is -0.891. The minimum atomic E-state index is -0.451. The Balaban J connectivity index is 1.67. The largest absolute Gasteiger partial charge is 0.396 e. The van der Waals surface area contributed by atoms with Crippen molar-refractivity contribution in [2.45, 2.75) is 6.42 Å². The molecule has 0 spiro atoms. The molecule has 0 saturated carbocycles. The van der Waals surface area contributed by atoms with Crippen molar-refractivity contribution in [1.29, 1.82) is 0 Å². The number of halogens is 1. The van der Waals surface area contributed by atoms with Crippen LogP contribution in [0.15, 0.2) is 47.2 Å². The Morgan fingerprint density at radius 1 is 1.29 bits per heavy atom. The quantitative estimate of drug-likeness (QED) is 0.722. The van der Waals surface area contributed by atoms with Gasteiger partial charge in [0.2, 0.25) is 0 Å². The molecule has 6 heteroatoms. The fourth-order valence-corrected chi connectivity index (χ4v) is 3.19. The van der Waals surface area contributed by atoms with Gasteiger partial charge < -0.3 is 10.4 Å². The summed E-state index contributed by atoms with van der Waals surface area (Å²) in [4.78, 5) is 16.4. The fourth-order valence-electron chi connectivity index (χ4n) is 2.51. The number of thiophene rings is 1. The number of amides is 1. The van der Waals surface area contributed by atoms with Crippen molar-refractivity contribution in [2.75, 3.05) is 13.2 Å². The van der Waals surface area contributed by atoms with Crippen molar-refractivity contribution in [3.05, 3.63) is 64.2 Å². The number of nitrogens with one attached hydrogen (secondary N) is 1. The molecular formula is C18H17FN2O2S. The first-order valence-corrected chi connectivity index (χ1v) is 8.57. The monoisotopic (exact) mass is 344 g/mol. The molecule has 2 heterocycles. The molecule has 1 amide bonds. The number of benzene rings is 1. The van der Waals surface area contributed by atoms with E-state index < -0.39 is 5.82 Å². The highest BCUT2D eigenvalue weighted by Gasteiger charge is 2.14. The van der Waals surface area contributed by atoms with Crippen LogP contribution >= 0.6 is 11.3 Å². The van der Waals surface area contributed by atoms with Crippen LogP contribution in [-0.4, -0.2) is 29.1 Å². The number of carbonyl (C=O) groups excluding carboxylic acids is 1. The summed E-state index contributed by atoms with van der Waals surface area (Å²) >= 11 is 1.60. The van der Waals surface area contributed by atoms with E-state index in [0.29, 0.717) is 18.4 Å². The van der Waals surface area contributed by atoms with Crippen molar-refractivity contribution in [2.24, 2.45) is 5.92 Å². The molecule has 0 bridgehead atoms. The number of pyridine rings is 1. The number of nitrogens with zero attached hydrogens (tertiary/aromatic N) is 1. The number of aromatic nitrogens is 1. The number of hydrogen-bond donors (Lipinski definition) is 2. The molecule has 0 aliphatic rings. The zero-order valence-electron chi connectivity index (χ0n) is 12.9. The topological polar surface area (TPSA) is 62.2 Å². The molecule has 2 aromatic heterocycles. The molecule has 0 unspecified atom stereocenters. The van der Waals surface area contributed by atoms with Crippen molar-refractivity contribution in [3.63, 3.8) is 0 Å². The fraction of sp³-hybridized carbons (Fsp3) is 0.222. The van der Waals surface area contributed by atoms with Gasteiger partial charge in [-0.05, 0) is 40.9 Å². The predicted octanol–water partition coefficient (Wildman–Crippen LogP) is 3.02.